The number of thioether (sulfide) groups is 1. The van der Waals surface area contributed by atoms with E-state index in [1.54, 1.807) is 0 Å². The van der Waals surface area contributed by atoms with Gasteiger partial charge in [-0.25, -0.2) is 0 Å². The average molecular weight is 385 g/mol. The summed E-state index contributed by atoms with van der Waals surface area (Å²) >= 11 is 9.00. The second-order valence-electron chi connectivity index (χ2n) is 5.18. The highest BCUT2D eigenvalue weighted by atomic mass is 35.5. The molecule has 2 aromatic rings. The van der Waals surface area contributed by atoms with Crippen molar-refractivity contribution in [1.29, 1.82) is 0 Å². The van der Waals surface area contributed by atoms with Crippen LogP contribution in [-0.4, -0.2) is 39.3 Å². The molecule has 0 aliphatic rings. The Kier molecular flexibility index (Phi) is 6.89. The molecule has 1 aromatic carbocycles. The lowest BCUT2D eigenvalue weighted by Crippen LogP contribution is -2.36. The fourth-order valence-electron chi connectivity index (χ4n) is 2.16. The van der Waals surface area contributed by atoms with E-state index < -0.39 is 0 Å². The van der Waals surface area contributed by atoms with Gasteiger partial charge in [0.05, 0.1) is 5.25 Å². The van der Waals surface area contributed by atoms with Crippen molar-refractivity contribution in [2.45, 2.75) is 37.3 Å². The Labute approximate surface area is 155 Å². The Hall–Kier alpha value is -1.31. The molecule has 2 rings (SSSR count). The van der Waals surface area contributed by atoms with Crippen LogP contribution in [0.3, 0.4) is 0 Å². The van der Waals surface area contributed by atoms with E-state index in [-0.39, 0.29) is 11.2 Å². The number of nitrogens with zero attached hydrogens (tertiary/aromatic N) is 3. The number of aromatic nitrogens is 2. The second-order valence-corrected chi connectivity index (χ2v) is 8.15. The summed E-state index contributed by atoms with van der Waals surface area (Å²) in [5.41, 5.74) is 1.87. The van der Waals surface area contributed by atoms with Crippen LogP contribution in [0.25, 0.3) is 0 Å². The Morgan fingerprint density at radius 2 is 2.08 bits per heavy atom. The highest BCUT2D eigenvalue weighted by Crippen LogP contribution is 2.32. The highest BCUT2D eigenvalue weighted by molar-refractivity contribution is 8.02. The molecule has 24 heavy (non-hydrogen) atoms. The zero-order valence-corrected chi connectivity index (χ0v) is 16.6. The van der Waals surface area contributed by atoms with Gasteiger partial charge in [0.25, 0.3) is 0 Å². The fraction of sp³-hybridized carbons (Fsp3) is 0.438. The summed E-state index contributed by atoms with van der Waals surface area (Å²) in [7, 11) is 0. The molecule has 0 saturated heterocycles. The van der Waals surface area contributed by atoms with Crippen LogP contribution < -0.4 is 5.32 Å². The maximum absolute atomic E-state index is 12.3. The normalized spacial score (nSPS) is 12.0. The topological polar surface area (TPSA) is 58.1 Å². The summed E-state index contributed by atoms with van der Waals surface area (Å²) in [4.78, 5) is 14.1. The van der Waals surface area contributed by atoms with Gasteiger partial charge in [-0.2, -0.15) is 0 Å². The van der Waals surface area contributed by atoms with Gasteiger partial charge in [0.15, 0.2) is 4.34 Å². The lowest BCUT2D eigenvalue weighted by Gasteiger charge is -2.21. The number of carbonyl (C=O) groups excluding carboxylic acids is 1. The Morgan fingerprint density at radius 3 is 2.75 bits per heavy atom. The monoisotopic (exact) mass is 384 g/mol. The van der Waals surface area contributed by atoms with Gasteiger partial charge < -0.3 is 10.2 Å². The molecule has 0 fully saturated rings. The minimum absolute atomic E-state index is 0.125. The number of rotatable bonds is 7. The summed E-state index contributed by atoms with van der Waals surface area (Å²) < 4.78 is 0.769. The quantitative estimate of drug-likeness (QED) is 0.707. The summed E-state index contributed by atoms with van der Waals surface area (Å²) in [6.45, 7) is 9.26. The van der Waals surface area contributed by atoms with Gasteiger partial charge in [-0.3, -0.25) is 4.79 Å². The van der Waals surface area contributed by atoms with Crippen molar-refractivity contribution in [1.82, 2.24) is 15.1 Å². The lowest BCUT2D eigenvalue weighted by molar-refractivity contribution is -0.129. The average Bonchev–Trinajstić information content (AvgIpc) is 3.00. The fourth-order valence-corrected chi connectivity index (χ4v) is 4.33. The highest BCUT2D eigenvalue weighted by Gasteiger charge is 2.21. The number of carbonyl (C=O) groups is 1. The van der Waals surface area contributed by atoms with Gasteiger partial charge in [0.2, 0.25) is 11.0 Å². The number of hydrogen-bond donors (Lipinski definition) is 1. The van der Waals surface area contributed by atoms with Gasteiger partial charge in [-0.05, 0) is 45.4 Å². The van der Waals surface area contributed by atoms with E-state index in [1.165, 1.54) is 23.1 Å². The van der Waals surface area contributed by atoms with Crippen molar-refractivity contribution in [3.05, 3.63) is 28.8 Å². The van der Waals surface area contributed by atoms with Crippen molar-refractivity contribution in [2.24, 2.45) is 0 Å². The van der Waals surface area contributed by atoms with Crippen LogP contribution in [0.1, 0.15) is 26.3 Å². The smallest absolute Gasteiger partial charge is 0.235 e. The lowest BCUT2D eigenvalue weighted by atomic mass is 10.2. The molecule has 0 saturated carbocycles. The van der Waals surface area contributed by atoms with Crippen LogP contribution in [0.4, 0.5) is 10.8 Å². The third kappa shape index (κ3) is 4.62. The molecule has 1 aromatic heterocycles. The van der Waals surface area contributed by atoms with E-state index in [0.29, 0.717) is 10.2 Å². The van der Waals surface area contributed by atoms with Gasteiger partial charge >= 0.3 is 0 Å². The predicted molar refractivity (Wildman–Crippen MR) is 103 cm³/mol. The van der Waals surface area contributed by atoms with Crippen molar-refractivity contribution in [2.75, 3.05) is 18.4 Å². The van der Waals surface area contributed by atoms with Crippen molar-refractivity contribution in [3.63, 3.8) is 0 Å². The van der Waals surface area contributed by atoms with E-state index in [0.717, 1.165) is 28.7 Å². The van der Waals surface area contributed by atoms with E-state index in [4.69, 9.17) is 11.6 Å². The standard InChI is InChI=1S/C16H21ClN4OS2/c1-5-21(6-2)14(22)11(4)23-16-20-19-15(24-16)18-13-9-7-8-12(17)10(13)3/h7-9,11H,5-6H2,1-4H3,(H,18,19). The molecule has 5 nitrogen and oxygen atoms in total. The predicted octanol–water partition coefficient (Wildman–Crippen LogP) is 4.59. The van der Waals surface area contributed by atoms with E-state index in [2.05, 4.69) is 15.5 Å². The zero-order valence-electron chi connectivity index (χ0n) is 14.2. The van der Waals surface area contributed by atoms with Crippen LogP contribution in [-0.2, 0) is 4.79 Å². The maximum Gasteiger partial charge on any atom is 0.235 e. The molecule has 1 unspecified atom stereocenters. The summed E-state index contributed by atoms with van der Waals surface area (Å²) in [6, 6.07) is 5.69. The van der Waals surface area contributed by atoms with Crippen LogP contribution >= 0.6 is 34.7 Å². The van der Waals surface area contributed by atoms with Gasteiger partial charge in [-0.1, -0.05) is 40.8 Å². The molecule has 0 radical (unpaired) electrons. The van der Waals surface area contributed by atoms with Crippen LogP contribution in [0.5, 0.6) is 0 Å². The van der Waals surface area contributed by atoms with Crippen molar-refractivity contribution < 1.29 is 4.79 Å². The van der Waals surface area contributed by atoms with Gasteiger partial charge in [0.1, 0.15) is 0 Å². The summed E-state index contributed by atoms with van der Waals surface area (Å²) in [5, 5.41) is 12.8. The Morgan fingerprint density at radius 1 is 1.38 bits per heavy atom. The minimum Gasteiger partial charge on any atom is -0.342 e. The number of halogens is 1. The number of anilines is 2. The van der Waals surface area contributed by atoms with Crippen LogP contribution in [0.15, 0.2) is 22.5 Å². The van der Waals surface area contributed by atoms with Crippen LogP contribution in [0, 0.1) is 6.92 Å². The van der Waals surface area contributed by atoms with Gasteiger partial charge in [-0.15, -0.1) is 10.2 Å². The Balaban J connectivity index is 2.03. The van der Waals surface area contributed by atoms with Crippen molar-refractivity contribution in [3.8, 4) is 0 Å². The third-order valence-corrected chi connectivity index (χ3v) is 6.04. The molecule has 1 amide bonds. The molecule has 8 heteroatoms. The number of hydrogen-bond acceptors (Lipinski definition) is 6. The van der Waals surface area contributed by atoms with Crippen molar-refractivity contribution >= 4 is 51.4 Å². The molecular weight excluding hydrogens is 364 g/mol. The molecule has 0 aliphatic heterocycles. The molecule has 1 heterocycles. The number of benzene rings is 1. The molecule has 0 spiro atoms. The molecule has 1 N–H and O–H groups in total. The van der Waals surface area contributed by atoms with E-state index >= 15 is 0 Å². The first-order chi connectivity index (χ1) is 11.5. The van der Waals surface area contributed by atoms with Gasteiger partial charge in [0, 0.05) is 23.8 Å². The first-order valence-electron chi connectivity index (χ1n) is 7.77. The third-order valence-electron chi connectivity index (χ3n) is 3.62. The minimum atomic E-state index is -0.182. The maximum atomic E-state index is 12.3. The summed E-state index contributed by atoms with van der Waals surface area (Å²) in [6.07, 6.45) is 0. The van der Waals surface area contributed by atoms with E-state index in [9.17, 15) is 4.79 Å². The first-order valence-corrected chi connectivity index (χ1v) is 9.84. The largest absolute Gasteiger partial charge is 0.342 e. The molecule has 0 aliphatic carbocycles. The molecular formula is C16H21ClN4OS2. The number of nitrogens with one attached hydrogen (secondary N) is 1. The van der Waals surface area contributed by atoms with E-state index in [1.807, 2.05) is 50.8 Å². The zero-order chi connectivity index (χ0) is 17.7. The summed E-state index contributed by atoms with van der Waals surface area (Å²) in [5.74, 6) is 0.125. The van der Waals surface area contributed by atoms with Crippen LogP contribution in [0.2, 0.25) is 5.02 Å². The molecule has 0 bridgehead atoms. The molecule has 1 atom stereocenters. The molecule has 130 valence electrons. The first kappa shape index (κ1) is 19.0. The number of amides is 1. The SMILES string of the molecule is CCN(CC)C(=O)C(C)Sc1nnc(Nc2cccc(Cl)c2C)s1. The second kappa shape index (κ2) is 8.69. The Bertz CT molecular complexity index is 703.